The fourth-order valence-corrected chi connectivity index (χ4v) is 6.67. The summed E-state index contributed by atoms with van der Waals surface area (Å²) in [7, 11) is 0. The van der Waals surface area contributed by atoms with Gasteiger partial charge in [-0.15, -0.1) is 23.5 Å². The lowest BCUT2D eigenvalue weighted by molar-refractivity contribution is -0.147. The number of nitrogens with zero attached hydrogens (tertiary/aromatic N) is 3. The SMILES string of the molecule is CC(=S)N(c1cc(Cl)ccc1Cl)C1C(=O)N2C(C(=O)O)=C(CSc3ccncc3)CS[C@H]12. The highest BCUT2D eigenvalue weighted by molar-refractivity contribution is 8.01. The number of carboxylic acid groups (broad SMARTS) is 1. The van der Waals surface area contributed by atoms with Crippen LogP contribution in [0.3, 0.4) is 0 Å². The number of carboxylic acids is 1. The molecule has 0 radical (unpaired) electrons. The number of rotatable bonds is 6. The van der Waals surface area contributed by atoms with Crippen molar-refractivity contribution >= 4 is 81.5 Å². The molecule has 1 saturated heterocycles. The van der Waals surface area contributed by atoms with Gasteiger partial charge in [0.2, 0.25) is 0 Å². The molecule has 1 fully saturated rings. The molecular weight excluding hydrogens is 509 g/mol. The molecule has 2 aliphatic heterocycles. The topological polar surface area (TPSA) is 73.7 Å². The Labute approximate surface area is 209 Å². The Morgan fingerprint density at radius 3 is 2.72 bits per heavy atom. The van der Waals surface area contributed by atoms with Gasteiger partial charge in [0.1, 0.15) is 17.1 Å². The number of hydrogen-bond acceptors (Lipinski definition) is 6. The van der Waals surface area contributed by atoms with Gasteiger partial charge in [-0.25, -0.2) is 4.79 Å². The van der Waals surface area contributed by atoms with E-state index >= 15 is 0 Å². The number of hydrogen-bond donors (Lipinski definition) is 1. The highest BCUT2D eigenvalue weighted by Crippen LogP contribution is 2.45. The van der Waals surface area contributed by atoms with Crippen LogP contribution >= 0.6 is 58.9 Å². The van der Waals surface area contributed by atoms with Gasteiger partial charge < -0.3 is 10.0 Å². The molecule has 166 valence electrons. The fraction of sp³-hybridized carbons (Fsp3) is 0.238. The Balaban J connectivity index is 1.63. The van der Waals surface area contributed by atoms with Crippen molar-refractivity contribution in [3.8, 4) is 0 Å². The lowest BCUT2D eigenvalue weighted by atomic mass is 10.0. The summed E-state index contributed by atoms with van der Waals surface area (Å²) in [5.41, 5.74) is 1.29. The Bertz CT molecular complexity index is 1130. The minimum Gasteiger partial charge on any atom is -0.477 e. The molecule has 1 unspecified atom stereocenters. The number of aromatic nitrogens is 1. The molecule has 0 spiro atoms. The molecule has 2 aromatic rings. The van der Waals surface area contributed by atoms with E-state index in [0.29, 0.717) is 37.8 Å². The van der Waals surface area contributed by atoms with Crippen LogP contribution in [0.15, 0.2) is 58.9 Å². The zero-order valence-electron chi connectivity index (χ0n) is 16.7. The standard InChI is InChI=1S/C21H17Cl2N3O3S3/c1-11(30)25(16-8-13(22)2-3-15(16)23)18-19(27)26-17(21(28)29)12(10-32-20(18)26)9-31-14-4-6-24-7-5-14/h2-8,18,20H,9-10H2,1H3,(H,28,29)/t18?,20-/m1/s1. The summed E-state index contributed by atoms with van der Waals surface area (Å²) in [5, 5.41) is 10.4. The van der Waals surface area contributed by atoms with Crippen molar-refractivity contribution < 1.29 is 14.7 Å². The Morgan fingerprint density at radius 1 is 1.34 bits per heavy atom. The number of carbonyl (C=O) groups excluding carboxylic acids is 1. The predicted molar refractivity (Wildman–Crippen MR) is 134 cm³/mol. The van der Waals surface area contributed by atoms with Crippen molar-refractivity contribution in [1.29, 1.82) is 0 Å². The molecule has 11 heteroatoms. The molecule has 0 bridgehead atoms. The van der Waals surface area contributed by atoms with E-state index in [4.69, 9.17) is 35.4 Å². The van der Waals surface area contributed by atoms with Crippen LogP contribution in [-0.2, 0) is 9.59 Å². The van der Waals surface area contributed by atoms with Crippen LogP contribution in [-0.4, -0.2) is 54.8 Å². The van der Waals surface area contributed by atoms with Gasteiger partial charge >= 0.3 is 5.97 Å². The lowest BCUT2D eigenvalue weighted by Crippen LogP contribution is -2.71. The summed E-state index contributed by atoms with van der Waals surface area (Å²) < 4.78 is 0. The van der Waals surface area contributed by atoms with E-state index in [0.717, 1.165) is 4.90 Å². The fourth-order valence-electron chi connectivity index (χ4n) is 3.67. The molecule has 1 amide bonds. The van der Waals surface area contributed by atoms with Crippen molar-refractivity contribution in [2.45, 2.75) is 23.2 Å². The molecule has 3 heterocycles. The third kappa shape index (κ3) is 4.36. The van der Waals surface area contributed by atoms with Gasteiger partial charge in [-0.05, 0) is 42.8 Å². The first-order valence-corrected chi connectivity index (χ1v) is 12.7. The number of β-lactam (4-membered cyclic amide) rings is 1. The third-order valence-corrected chi connectivity index (χ3v) is 8.24. The number of anilines is 1. The molecule has 4 rings (SSSR count). The molecule has 1 aromatic carbocycles. The average molecular weight is 526 g/mol. The second kappa shape index (κ2) is 9.61. The molecule has 2 atom stereocenters. The van der Waals surface area contributed by atoms with Crippen LogP contribution < -0.4 is 4.90 Å². The smallest absolute Gasteiger partial charge is 0.352 e. The largest absolute Gasteiger partial charge is 0.477 e. The Morgan fingerprint density at radius 2 is 2.06 bits per heavy atom. The molecule has 6 nitrogen and oxygen atoms in total. The number of benzene rings is 1. The summed E-state index contributed by atoms with van der Waals surface area (Å²) >= 11 is 21.0. The summed E-state index contributed by atoms with van der Waals surface area (Å²) in [4.78, 5) is 33.9. The van der Waals surface area contributed by atoms with E-state index in [1.54, 1.807) is 42.4 Å². The van der Waals surface area contributed by atoms with Crippen LogP contribution in [0.25, 0.3) is 0 Å². The van der Waals surface area contributed by atoms with Crippen molar-refractivity contribution in [3.05, 3.63) is 64.0 Å². The normalized spacial score (nSPS) is 20.0. The van der Waals surface area contributed by atoms with Crippen LogP contribution in [0.1, 0.15) is 6.92 Å². The zero-order chi connectivity index (χ0) is 23.0. The van der Waals surface area contributed by atoms with Gasteiger partial charge in [-0.1, -0.05) is 35.4 Å². The van der Waals surface area contributed by atoms with Gasteiger partial charge in [0.15, 0.2) is 0 Å². The quantitative estimate of drug-likeness (QED) is 0.322. The average Bonchev–Trinajstić information content (AvgIpc) is 2.77. The van der Waals surface area contributed by atoms with Crippen molar-refractivity contribution in [1.82, 2.24) is 9.88 Å². The van der Waals surface area contributed by atoms with Crippen molar-refractivity contribution in [2.75, 3.05) is 16.4 Å². The highest BCUT2D eigenvalue weighted by Gasteiger charge is 2.56. The van der Waals surface area contributed by atoms with Gasteiger partial charge in [-0.2, -0.15) is 0 Å². The Kier molecular flexibility index (Phi) is 7.02. The second-order valence-corrected chi connectivity index (χ2v) is 10.7. The highest BCUT2D eigenvalue weighted by atomic mass is 35.5. The summed E-state index contributed by atoms with van der Waals surface area (Å²) in [6.07, 6.45) is 3.38. The first-order valence-electron chi connectivity index (χ1n) is 9.47. The van der Waals surface area contributed by atoms with Gasteiger partial charge in [0, 0.05) is 33.8 Å². The molecule has 1 N–H and O–H groups in total. The van der Waals surface area contributed by atoms with Crippen molar-refractivity contribution in [2.24, 2.45) is 0 Å². The molecule has 1 aromatic heterocycles. The number of thioether (sulfide) groups is 2. The van der Waals surface area contributed by atoms with Gasteiger partial charge in [-0.3, -0.25) is 14.7 Å². The van der Waals surface area contributed by atoms with Crippen LogP contribution in [0.2, 0.25) is 10.0 Å². The number of pyridine rings is 1. The van der Waals surface area contributed by atoms with E-state index < -0.39 is 17.4 Å². The number of fused-ring (bicyclic) bond motifs is 1. The molecule has 0 saturated carbocycles. The number of halogens is 2. The van der Waals surface area contributed by atoms with E-state index in [-0.39, 0.29) is 11.6 Å². The van der Waals surface area contributed by atoms with E-state index in [1.165, 1.54) is 28.4 Å². The first kappa shape index (κ1) is 23.4. The first-order chi connectivity index (χ1) is 15.3. The van der Waals surface area contributed by atoms with Gasteiger partial charge in [0.05, 0.1) is 15.7 Å². The summed E-state index contributed by atoms with van der Waals surface area (Å²) in [5.74, 6) is -0.473. The van der Waals surface area contributed by atoms with E-state index in [1.807, 2.05) is 12.1 Å². The monoisotopic (exact) mass is 525 g/mol. The van der Waals surface area contributed by atoms with Crippen LogP contribution in [0.5, 0.6) is 0 Å². The predicted octanol–water partition coefficient (Wildman–Crippen LogP) is 4.96. The minimum atomic E-state index is -1.11. The number of thiocarbonyl (C=S) groups is 1. The summed E-state index contributed by atoms with van der Waals surface area (Å²) in [6, 6.07) is 8.04. The molecule has 32 heavy (non-hydrogen) atoms. The summed E-state index contributed by atoms with van der Waals surface area (Å²) in [6.45, 7) is 1.71. The van der Waals surface area contributed by atoms with Crippen LogP contribution in [0.4, 0.5) is 5.69 Å². The maximum atomic E-state index is 13.3. The number of amides is 1. The van der Waals surface area contributed by atoms with Crippen LogP contribution in [0, 0.1) is 0 Å². The molecular formula is C21H17Cl2N3O3S3. The zero-order valence-corrected chi connectivity index (χ0v) is 20.7. The number of carbonyl (C=O) groups is 2. The van der Waals surface area contributed by atoms with Gasteiger partial charge in [0.25, 0.3) is 5.91 Å². The molecule has 2 aliphatic rings. The Hall–Kier alpha value is -1.78. The second-order valence-electron chi connectivity index (χ2n) is 7.07. The van der Waals surface area contributed by atoms with Crippen molar-refractivity contribution in [3.63, 3.8) is 0 Å². The minimum absolute atomic E-state index is 0.0516. The third-order valence-electron chi connectivity index (χ3n) is 5.07. The van der Waals surface area contributed by atoms with E-state index in [9.17, 15) is 14.7 Å². The number of aliphatic carboxylic acids is 1. The maximum Gasteiger partial charge on any atom is 0.352 e. The van der Waals surface area contributed by atoms with E-state index in [2.05, 4.69) is 4.98 Å². The lowest BCUT2D eigenvalue weighted by Gasteiger charge is -2.53. The maximum absolute atomic E-state index is 13.3. The molecule has 0 aliphatic carbocycles.